The molecule has 16 heavy (non-hydrogen) atoms. The summed E-state index contributed by atoms with van der Waals surface area (Å²) >= 11 is 0. The molecule has 3 heteroatoms. The van der Waals surface area contributed by atoms with Crippen LogP contribution in [-0.2, 0) is 0 Å². The Morgan fingerprint density at radius 3 is 2.44 bits per heavy atom. The monoisotopic (exact) mass is 213 g/mol. The Morgan fingerprint density at radius 2 is 1.75 bits per heavy atom. The van der Waals surface area contributed by atoms with Crippen molar-refractivity contribution in [1.82, 2.24) is 9.97 Å². The molecule has 0 aliphatic carbocycles. The maximum absolute atomic E-state index is 4.40. The first-order chi connectivity index (χ1) is 7.83. The first-order valence-electron chi connectivity index (χ1n) is 5.36. The molecule has 1 aromatic heterocycles. The van der Waals surface area contributed by atoms with Crippen LogP contribution >= 0.6 is 0 Å². The molecule has 0 bridgehead atoms. The summed E-state index contributed by atoms with van der Waals surface area (Å²) in [5, 5.41) is 3.07. The minimum absolute atomic E-state index is 0.248. The lowest BCUT2D eigenvalue weighted by atomic mass is 9.97. The van der Waals surface area contributed by atoms with E-state index in [2.05, 4.69) is 34.3 Å². The lowest BCUT2D eigenvalue weighted by molar-refractivity contribution is 0.860. The van der Waals surface area contributed by atoms with E-state index in [1.54, 1.807) is 12.4 Å². The molecular formula is C13H15N3. The highest BCUT2D eigenvalue weighted by molar-refractivity contribution is 5.44. The molecule has 0 amide bonds. The SMILES string of the molecule is CNc1nccnc1C(C)c1ccccc1. The van der Waals surface area contributed by atoms with E-state index in [1.807, 2.05) is 25.2 Å². The van der Waals surface area contributed by atoms with Crippen molar-refractivity contribution in [3.63, 3.8) is 0 Å². The van der Waals surface area contributed by atoms with E-state index in [9.17, 15) is 0 Å². The van der Waals surface area contributed by atoms with Crippen LogP contribution in [0.5, 0.6) is 0 Å². The van der Waals surface area contributed by atoms with Gasteiger partial charge in [0.1, 0.15) is 5.82 Å². The van der Waals surface area contributed by atoms with Crippen LogP contribution in [0.15, 0.2) is 42.7 Å². The predicted molar refractivity (Wildman–Crippen MR) is 65.5 cm³/mol. The number of aromatic nitrogens is 2. The molecule has 0 radical (unpaired) electrons. The lowest BCUT2D eigenvalue weighted by Gasteiger charge is -2.14. The van der Waals surface area contributed by atoms with Crippen molar-refractivity contribution in [3.05, 3.63) is 54.0 Å². The predicted octanol–water partition coefficient (Wildman–Crippen LogP) is 2.67. The van der Waals surface area contributed by atoms with Gasteiger partial charge in [-0.1, -0.05) is 37.3 Å². The molecule has 1 atom stereocenters. The van der Waals surface area contributed by atoms with Crippen LogP contribution in [0, 0.1) is 0 Å². The normalized spacial score (nSPS) is 12.1. The maximum atomic E-state index is 4.40. The quantitative estimate of drug-likeness (QED) is 0.851. The molecular weight excluding hydrogens is 198 g/mol. The minimum atomic E-state index is 0.248. The summed E-state index contributed by atoms with van der Waals surface area (Å²) < 4.78 is 0. The topological polar surface area (TPSA) is 37.8 Å². The maximum Gasteiger partial charge on any atom is 0.148 e. The van der Waals surface area contributed by atoms with Crippen molar-refractivity contribution in [2.24, 2.45) is 0 Å². The second-order valence-electron chi connectivity index (χ2n) is 3.67. The molecule has 1 unspecified atom stereocenters. The van der Waals surface area contributed by atoms with Crippen molar-refractivity contribution in [2.45, 2.75) is 12.8 Å². The molecule has 3 nitrogen and oxygen atoms in total. The van der Waals surface area contributed by atoms with Crippen molar-refractivity contribution < 1.29 is 0 Å². The van der Waals surface area contributed by atoms with Crippen molar-refractivity contribution in [1.29, 1.82) is 0 Å². The number of benzene rings is 1. The zero-order valence-corrected chi connectivity index (χ0v) is 9.51. The molecule has 0 aliphatic heterocycles. The summed E-state index contributed by atoms with van der Waals surface area (Å²) in [7, 11) is 1.87. The molecule has 2 aromatic rings. The average molecular weight is 213 g/mol. The van der Waals surface area contributed by atoms with Gasteiger partial charge in [0.15, 0.2) is 0 Å². The Labute approximate surface area is 95.6 Å². The average Bonchev–Trinajstić information content (AvgIpc) is 2.39. The summed E-state index contributed by atoms with van der Waals surface area (Å²) in [5.74, 6) is 1.09. The number of nitrogens with one attached hydrogen (secondary N) is 1. The number of anilines is 1. The highest BCUT2D eigenvalue weighted by atomic mass is 15.0. The molecule has 82 valence electrons. The van der Waals surface area contributed by atoms with E-state index in [-0.39, 0.29) is 5.92 Å². The molecule has 2 rings (SSSR count). The fraction of sp³-hybridized carbons (Fsp3) is 0.231. The van der Waals surface area contributed by atoms with Crippen molar-refractivity contribution in [2.75, 3.05) is 12.4 Å². The smallest absolute Gasteiger partial charge is 0.148 e. The fourth-order valence-corrected chi connectivity index (χ4v) is 1.76. The fourth-order valence-electron chi connectivity index (χ4n) is 1.76. The van der Waals surface area contributed by atoms with E-state index in [4.69, 9.17) is 0 Å². The minimum Gasteiger partial charge on any atom is -0.372 e. The van der Waals surface area contributed by atoms with E-state index in [1.165, 1.54) is 5.56 Å². The van der Waals surface area contributed by atoms with Crippen molar-refractivity contribution >= 4 is 5.82 Å². The molecule has 0 fully saturated rings. The van der Waals surface area contributed by atoms with E-state index < -0.39 is 0 Å². The second kappa shape index (κ2) is 4.75. The molecule has 0 aliphatic rings. The zero-order chi connectivity index (χ0) is 11.4. The van der Waals surface area contributed by atoms with Crippen LogP contribution in [0.25, 0.3) is 0 Å². The van der Waals surface area contributed by atoms with Gasteiger partial charge in [-0.2, -0.15) is 0 Å². The Morgan fingerprint density at radius 1 is 1.06 bits per heavy atom. The third kappa shape index (κ3) is 2.03. The highest BCUT2D eigenvalue weighted by Gasteiger charge is 2.13. The van der Waals surface area contributed by atoms with Gasteiger partial charge in [0.05, 0.1) is 5.69 Å². The number of nitrogens with zero attached hydrogens (tertiary/aromatic N) is 2. The highest BCUT2D eigenvalue weighted by Crippen LogP contribution is 2.25. The van der Waals surface area contributed by atoms with Crippen LogP contribution in [-0.4, -0.2) is 17.0 Å². The molecule has 1 N–H and O–H groups in total. The summed E-state index contributed by atoms with van der Waals surface area (Å²) in [5.41, 5.74) is 2.23. The third-order valence-corrected chi connectivity index (χ3v) is 2.67. The van der Waals surface area contributed by atoms with Crippen LogP contribution in [0.3, 0.4) is 0 Å². The molecule has 0 saturated carbocycles. The van der Waals surface area contributed by atoms with Gasteiger partial charge in [-0.3, -0.25) is 4.98 Å². The van der Waals surface area contributed by atoms with Crippen LogP contribution in [0.4, 0.5) is 5.82 Å². The number of hydrogen-bond donors (Lipinski definition) is 1. The van der Waals surface area contributed by atoms with E-state index in [0.29, 0.717) is 0 Å². The van der Waals surface area contributed by atoms with Gasteiger partial charge in [-0.25, -0.2) is 4.98 Å². The molecule has 1 aromatic carbocycles. The first kappa shape index (κ1) is 10.6. The number of hydrogen-bond acceptors (Lipinski definition) is 3. The first-order valence-corrected chi connectivity index (χ1v) is 5.36. The van der Waals surface area contributed by atoms with Gasteiger partial charge >= 0.3 is 0 Å². The van der Waals surface area contributed by atoms with Crippen LogP contribution < -0.4 is 5.32 Å². The number of rotatable bonds is 3. The van der Waals surface area contributed by atoms with Crippen molar-refractivity contribution in [3.8, 4) is 0 Å². The molecule has 0 spiro atoms. The summed E-state index contributed by atoms with van der Waals surface area (Å²) in [6, 6.07) is 10.3. The Hall–Kier alpha value is -1.90. The van der Waals surface area contributed by atoms with E-state index in [0.717, 1.165) is 11.5 Å². The van der Waals surface area contributed by atoms with Gasteiger partial charge < -0.3 is 5.32 Å². The summed E-state index contributed by atoms with van der Waals surface area (Å²) in [6.45, 7) is 2.14. The standard InChI is InChI=1S/C13H15N3/c1-10(11-6-4-3-5-7-11)12-13(14-2)16-9-8-15-12/h3-10H,1-2H3,(H,14,16). The molecule has 1 heterocycles. The van der Waals surface area contributed by atoms with Gasteiger partial charge in [0.2, 0.25) is 0 Å². The van der Waals surface area contributed by atoms with Crippen LogP contribution in [0.2, 0.25) is 0 Å². The van der Waals surface area contributed by atoms with Gasteiger partial charge in [-0.05, 0) is 5.56 Å². The lowest BCUT2D eigenvalue weighted by Crippen LogP contribution is -2.05. The second-order valence-corrected chi connectivity index (χ2v) is 3.67. The Kier molecular flexibility index (Phi) is 3.15. The zero-order valence-electron chi connectivity index (χ0n) is 9.51. The third-order valence-electron chi connectivity index (χ3n) is 2.67. The Balaban J connectivity index is 2.37. The largest absolute Gasteiger partial charge is 0.372 e. The summed E-state index contributed by atoms with van der Waals surface area (Å²) in [4.78, 5) is 8.67. The van der Waals surface area contributed by atoms with Crippen LogP contribution in [0.1, 0.15) is 24.1 Å². The summed E-state index contributed by atoms with van der Waals surface area (Å²) in [6.07, 6.45) is 3.43. The van der Waals surface area contributed by atoms with E-state index >= 15 is 0 Å². The Bertz CT molecular complexity index is 454. The van der Waals surface area contributed by atoms with Gasteiger partial charge in [-0.15, -0.1) is 0 Å². The van der Waals surface area contributed by atoms with Gasteiger partial charge in [0, 0.05) is 25.4 Å². The molecule has 0 saturated heterocycles. The van der Waals surface area contributed by atoms with Gasteiger partial charge in [0.25, 0.3) is 0 Å².